The first-order valence-electron chi connectivity index (χ1n) is 4.54. The topological polar surface area (TPSA) is 38.4 Å². The second-order valence-electron chi connectivity index (χ2n) is 2.64. The molecule has 1 rings (SSSR count). The van der Waals surface area contributed by atoms with Crippen molar-refractivity contribution in [2.24, 2.45) is 10.9 Å². The summed E-state index contributed by atoms with van der Waals surface area (Å²) in [5, 5.41) is 3.48. The molecule has 0 aliphatic heterocycles. The second kappa shape index (κ2) is 6.23. The van der Waals surface area contributed by atoms with E-state index in [0.29, 0.717) is 0 Å². The van der Waals surface area contributed by atoms with E-state index in [1.165, 1.54) is 11.1 Å². The smallest absolute Gasteiger partial charge is 0.0540 e. The molecule has 2 nitrogen and oxygen atoms in total. The third-order valence-electron chi connectivity index (χ3n) is 1.65. The van der Waals surface area contributed by atoms with Gasteiger partial charge in [-0.25, -0.2) is 0 Å². The summed E-state index contributed by atoms with van der Waals surface area (Å²) in [6, 6.07) is 6.20. The van der Waals surface area contributed by atoms with Crippen molar-refractivity contribution in [3.05, 3.63) is 34.9 Å². The van der Waals surface area contributed by atoms with Crippen LogP contribution in [0.4, 0.5) is 0 Å². The van der Waals surface area contributed by atoms with Crippen molar-refractivity contribution in [3.63, 3.8) is 0 Å². The Labute approximate surface area is 80.5 Å². The van der Waals surface area contributed by atoms with E-state index in [4.69, 9.17) is 5.84 Å². The molecular formula is C11H18N2. The third kappa shape index (κ3) is 3.74. The van der Waals surface area contributed by atoms with E-state index in [-0.39, 0.29) is 0 Å². The van der Waals surface area contributed by atoms with Gasteiger partial charge in [-0.1, -0.05) is 37.6 Å². The largest absolute Gasteiger partial charge is 0.323 e. The number of nitrogens with zero attached hydrogens (tertiary/aromatic N) is 1. The molecule has 2 heteroatoms. The van der Waals surface area contributed by atoms with Crippen LogP contribution >= 0.6 is 0 Å². The van der Waals surface area contributed by atoms with Gasteiger partial charge in [0.05, 0.1) is 6.21 Å². The quantitative estimate of drug-likeness (QED) is 0.400. The fraction of sp³-hybridized carbons (Fsp3) is 0.364. The lowest BCUT2D eigenvalue weighted by Gasteiger charge is -1.99. The van der Waals surface area contributed by atoms with Crippen LogP contribution in [0.15, 0.2) is 23.3 Å². The van der Waals surface area contributed by atoms with E-state index >= 15 is 0 Å². The highest BCUT2D eigenvalue weighted by molar-refractivity contribution is 5.81. The highest BCUT2D eigenvalue weighted by atomic mass is 15.1. The Morgan fingerprint density at radius 3 is 2.38 bits per heavy atom. The van der Waals surface area contributed by atoms with Gasteiger partial charge in [0, 0.05) is 0 Å². The minimum atomic E-state index is 1.09. The molecule has 1 aromatic rings. The first-order chi connectivity index (χ1) is 6.24. The van der Waals surface area contributed by atoms with E-state index in [0.717, 1.165) is 5.56 Å². The van der Waals surface area contributed by atoms with E-state index < -0.39 is 0 Å². The number of hydrogen-bond donors (Lipinski definition) is 1. The van der Waals surface area contributed by atoms with Crippen LogP contribution in [0, 0.1) is 13.8 Å². The molecule has 72 valence electrons. The molecule has 0 unspecified atom stereocenters. The number of rotatable bonds is 1. The number of nitrogens with two attached hydrogens (primary N) is 1. The van der Waals surface area contributed by atoms with Crippen LogP contribution < -0.4 is 5.84 Å². The Kier molecular flexibility index (Phi) is 5.60. The maximum Gasteiger partial charge on any atom is 0.0540 e. The monoisotopic (exact) mass is 178 g/mol. The zero-order valence-electron chi connectivity index (χ0n) is 8.83. The molecular weight excluding hydrogens is 160 g/mol. The van der Waals surface area contributed by atoms with E-state index in [2.05, 4.69) is 23.3 Å². The maximum absolute atomic E-state index is 5.05. The summed E-state index contributed by atoms with van der Waals surface area (Å²) in [4.78, 5) is 0. The van der Waals surface area contributed by atoms with Crippen LogP contribution in [0.1, 0.15) is 30.5 Å². The first-order valence-corrected chi connectivity index (χ1v) is 4.54. The molecule has 0 fully saturated rings. The fourth-order valence-electron chi connectivity index (χ4n) is 0.979. The summed E-state index contributed by atoms with van der Waals surface area (Å²) in [6.45, 7) is 8.09. The van der Waals surface area contributed by atoms with Gasteiger partial charge in [0.15, 0.2) is 0 Å². The van der Waals surface area contributed by atoms with Gasteiger partial charge in [0.1, 0.15) is 0 Å². The van der Waals surface area contributed by atoms with Crippen molar-refractivity contribution < 1.29 is 0 Å². The molecule has 0 aromatic heterocycles. The SMILES string of the molecule is CC.Cc1ccc(C)c(/C=N\N)c1. The lowest BCUT2D eigenvalue weighted by molar-refractivity contribution is 1.26. The molecule has 0 atom stereocenters. The Hall–Kier alpha value is -1.31. The molecule has 0 amide bonds. The summed E-state index contributed by atoms with van der Waals surface area (Å²) in [5.41, 5.74) is 3.52. The summed E-state index contributed by atoms with van der Waals surface area (Å²) < 4.78 is 0. The van der Waals surface area contributed by atoms with E-state index in [1.807, 2.05) is 27.7 Å². The lowest BCUT2D eigenvalue weighted by Crippen LogP contribution is -1.90. The second-order valence-corrected chi connectivity index (χ2v) is 2.64. The molecule has 0 spiro atoms. The minimum Gasteiger partial charge on any atom is -0.323 e. The number of aryl methyl sites for hydroxylation is 2. The van der Waals surface area contributed by atoms with Gasteiger partial charge in [-0.05, 0) is 25.0 Å². The highest BCUT2D eigenvalue weighted by Gasteiger charge is 1.93. The molecule has 0 saturated heterocycles. The summed E-state index contributed by atoms with van der Waals surface area (Å²) >= 11 is 0. The Morgan fingerprint density at radius 2 is 1.85 bits per heavy atom. The fourth-order valence-corrected chi connectivity index (χ4v) is 0.979. The van der Waals surface area contributed by atoms with Crippen molar-refractivity contribution >= 4 is 6.21 Å². The standard InChI is InChI=1S/C9H12N2.C2H6/c1-7-3-4-8(2)9(5-7)6-11-10;1-2/h3-6H,10H2,1-2H3;1-2H3/b11-6-;. The van der Waals surface area contributed by atoms with Gasteiger partial charge in [0.25, 0.3) is 0 Å². The predicted molar refractivity (Wildman–Crippen MR) is 59.0 cm³/mol. The average Bonchev–Trinajstić information content (AvgIpc) is 2.15. The zero-order chi connectivity index (χ0) is 10.3. The molecule has 1 aromatic carbocycles. The highest BCUT2D eigenvalue weighted by Crippen LogP contribution is 2.07. The van der Waals surface area contributed by atoms with Gasteiger partial charge < -0.3 is 5.84 Å². The molecule has 2 N–H and O–H groups in total. The normalized spacial score (nSPS) is 9.54. The average molecular weight is 178 g/mol. The Morgan fingerprint density at radius 1 is 1.23 bits per heavy atom. The number of hydrazone groups is 1. The predicted octanol–water partition coefficient (Wildman–Crippen LogP) is 2.62. The van der Waals surface area contributed by atoms with Crippen LogP contribution in [0.25, 0.3) is 0 Å². The van der Waals surface area contributed by atoms with Crippen LogP contribution in [-0.4, -0.2) is 6.21 Å². The first kappa shape index (κ1) is 11.7. The Bertz CT molecular complexity index is 277. The summed E-state index contributed by atoms with van der Waals surface area (Å²) in [5.74, 6) is 5.05. The maximum atomic E-state index is 5.05. The summed E-state index contributed by atoms with van der Waals surface area (Å²) in [7, 11) is 0. The van der Waals surface area contributed by atoms with Crippen molar-refractivity contribution in [2.45, 2.75) is 27.7 Å². The van der Waals surface area contributed by atoms with Crippen LogP contribution in [0.5, 0.6) is 0 Å². The minimum absolute atomic E-state index is 1.09. The summed E-state index contributed by atoms with van der Waals surface area (Å²) in [6.07, 6.45) is 1.67. The van der Waals surface area contributed by atoms with Crippen molar-refractivity contribution in [1.82, 2.24) is 0 Å². The van der Waals surface area contributed by atoms with Gasteiger partial charge in [-0.2, -0.15) is 5.10 Å². The third-order valence-corrected chi connectivity index (χ3v) is 1.65. The van der Waals surface area contributed by atoms with Crippen molar-refractivity contribution in [3.8, 4) is 0 Å². The van der Waals surface area contributed by atoms with Crippen LogP contribution in [0.2, 0.25) is 0 Å². The molecule has 0 aliphatic rings. The van der Waals surface area contributed by atoms with E-state index in [1.54, 1.807) is 6.21 Å². The van der Waals surface area contributed by atoms with Gasteiger partial charge in [-0.3, -0.25) is 0 Å². The number of benzene rings is 1. The molecule has 13 heavy (non-hydrogen) atoms. The van der Waals surface area contributed by atoms with Crippen molar-refractivity contribution in [2.75, 3.05) is 0 Å². The van der Waals surface area contributed by atoms with Gasteiger partial charge in [-0.15, -0.1) is 0 Å². The molecule has 0 radical (unpaired) electrons. The Balaban J connectivity index is 0.000000671. The van der Waals surface area contributed by atoms with Gasteiger partial charge >= 0.3 is 0 Å². The zero-order valence-corrected chi connectivity index (χ0v) is 8.83. The molecule has 0 aliphatic carbocycles. The van der Waals surface area contributed by atoms with Crippen LogP contribution in [0.3, 0.4) is 0 Å². The van der Waals surface area contributed by atoms with Gasteiger partial charge in [0.2, 0.25) is 0 Å². The van der Waals surface area contributed by atoms with Crippen molar-refractivity contribution in [1.29, 1.82) is 0 Å². The molecule has 0 bridgehead atoms. The van der Waals surface area contributed by atoms with E-state index in [9.17, 15) is 0 Å². The molecule has 0 heterocycles. The lowest BCUT2D eigenvalue weighted by atomic mass is 10.1. The molecule has 0 saturated carbocycles. The van der Waals surface area contributed by atoms with Crippen LogP contribution in [-0.2, 0) is 0 Å². The number of hydrogen-bond acceptors (Lipinski definition) is 2.